The van der Waals surface area contributed by atoms with E-state index in [0.29, 0.717) is 5.75 Å². The first-order valence-corrected chi connectivity index (χ1v) is 6.63. The normalized spacial score (nSPS) is 12.2. The molecule has 0 bridgehead atoms. The maximum atomic E-state index is 13.8. The third-order valence-electron chi connectivity index (χ3n) is 2.54. The van der Waals surface area contributed by atoms with Gasteiger partial charge in [-0.3, -0.25) is 0 Å². The molecule has 0 saturated carbocycles. The van der Waals surface area contributed by atoms with E-state index in [1.807, 2.05) is 25.1 Å². The molecule has 0 heterocycles. The molecule has 0 fully saturated rings. The number of rotatable bonds is 3. The van der Waals surface area contributed by atoms with Gasteiger partial charge in [-0.25, -0.2) is 4.39 Å². The summed E-state index contributed by atoms with van der Waals surface area (Å²) < 4.78 is 20.3. The maximum absolute atomic E-state index is 13.8. The molecule has 0 amide bonds. The Morgan fingerprint density at radius 2 is 1.89 bits per heavy atom. The molecule has 0 aromatic heterocycles. The molecule has 18 heavy (non-hydrogen) atoms. The van der Waals surface area contributed by atoms with Crippen molar-refractivity contribution < 1.29 is 9.13 Å². The predicted molar refractivity (Wildman–Crippen MR) is 78.2 cm³/mol. The van der Waals surface area contributed by atoms with Crippen molar-refractivity contribution in [2.75, 3.05) is 0 Å². The minimum Gasteiger partial charge on any atom is -0.453 e. The molecule has 0 aliphatic rings. The van der Waals surface area contributed by atoms with Crippen LogP contribution >= 0.6 is 22.6 Å². The van der Waals surface area contributed by atoms with Gasteiger partial charge in [-0.2, -0.15) is 0 Å². The lowest BCUT2D eigenvalue weighted by molar-refractivity contribution is 0.439. The minimum absolute atomic E-state index is 0.189. The quantitative estimate of drug-likeness (QED) is 0.834. The van der Waals surface area contributed by atoms with Crippen molar-refractivity contribution in [2.24, 2.45) is 5.73 Å². The molecule has 0 spiro atoms. The van der Waals surface area contributed by atoms with Crippen LogP contribution in [0.25, 0.3) is 0 Å². The van der Waals surface area contributed by atoms with Crippen LogP contribution < -0.4 is 10.5 Å². The fourth-order valence-corrected chi connectivity index (χ4v) is 2.03. The van der Waals surface area contributed by atoms with Crippen LogP contribution in [0.2, 0.25) is 0 Å². The molecule has 2 aromatic carbocycles. The van der Waals surface area contributed by atoms with Gasteiger partial charge >= 0.3 is 0 Å². The Bertz CT molecular complexity index is 557. The second-order valence-electron chi connectivity index (χ2n) is 4.01. The van der Waals surface area contributed by atoms with E-state index in [4.69, 9.17) is 10.5 Å². The van der Waals surface area contributed by atoms with Crippen molar-refractivity contribution in [1.82, 2.24) is 0 Å². The Labute approximate surface area is 119 Å². The van der Waals surface area contributed by atoms with Gasteiger partial charge in [0.25, 0.3) is 0 Å². The first-order chi connectivity index (χ1) is 8.58. The van der Waals surface area contributed by atoms with Gasteiger partial charge in [0.15, 0.2) is 11.6 Å². The molecule has 1 atom stereocenters. The Kier molecular flexibility index (Phi) is 4.19. The summed E-state index contributed by atoms with van der Waals surface area (Å²) in [5.74, 6) is 0.457. The zero-order valence-corrected chi connectivity index (χ0v) is 12.0. The molecule has 4 heteroatoms. The van der Waals surface area contributed by atoms with Crippen LogP contribution in [-0.4, -0.2) is 0 Å². The van der Waals surface area contributed by atoms with E-state index < -0.39 is 5.82 Å². The van der Waals surface area contributed by atoms with Crippen molar-refractivity contribution in [1.29, 1.82) is 0 Å². The van der Waals surface area contributed by atoms with Crippen molar-refractivity contribution >= 4 is 22.6 Å². The van der Waals surface area contributed by atoms with Crippen molar-refractivity contribution in [3.05, 3.63) is 57.4 Å². The van der Waals surface area contributed by atoms with Gasteiger partial charge in [0.2, 0.25) is 0 Å². The number of para-hydroxylation sites is 1. The van der Waals surface area contributed by atoms with E-state index in [-0.39, 0.29) is 11.8 Å². The Hall–Kier alpha value is -1.14. The van der Waals surface area contributed by atoms with Gasteiger partial charge in [0.05, 0.1) is 3.57 Å². The second-order valence-corrected chi connectivity index (χ2v) is 5.17. The smallest absolute Gasteiger partial charge is 0.166 e. The number of nitrogens with two attached hydrogens (primary N) is 1. The van der Waals surface area contributed by atoms with Gasteiger partial charge in [-0.15, -0.1) is 0 Å². The number of benzene rings is 2. The molecular weight excluding hydrogens is 344 g/mol. The highest BCUT2D eigenvalue weighted by Crippen LogP contribution is 2.29. The lowest BCUT2D eigenvalue weighted by Crippen LogP contribution is -2.05. The van der Waals surface area contributed by atoms with E-state index in [9.17, 15) is 4.39 Å². The van der Waals surface area contributed by atoms with Crippen LogP contribution in [0.4, 0.5) is 4.39 Å². The molecule has 2 rings (SSSR count). The molecule has 0 aliphatic carbocycles. The molecule has 0 saturated heterocycles. The standard InChI is InChI=1S/C14H13FINO/c1-9(17)10-6-7-13(11(15)8-10)18-14-5-3-2-4-12(14)16/h2-9H,17H2,1H3. The molecule has 0 radical (unpaired) electrons. The van der Waals surface area contributed by atoms with Gasteiger partial charge < -0.3 is 10.5 Å². The maximum Gasteiger partial charge on any atom is 0.166 e. The van der Waals surface area contributed by atoms with Crippen LogP contribution in [0, 0.1) is 9.39 Å². The highest BCUT2D eigenvalue weighted by Gasteiger charge is 2.09. The summed E-state index contributed by atoms with van der Waals surface area (Å²) in [6, 6.07) is 12.1. The first kappa shape index (κ1) is 13.3. The average Bonchev–Trinajstić information content (AvgIpc) is 2.34. The topological polar surface area (TPSA) is 35.2 Å². The second kappa shape index (κ2) is 5.67. The van der Waals surface area contributed by atoms with Crippen LogP contribution in [0.1, 0.15) is 18.5 Å². The van der Waals surface area contributed by atoms with Crippen molar-refractivity contribution in [3.8, 4) is 11.5 Å². The number of hydrogen-bond acceptors (Lipinski definition) is 2. The summed E-state index contributed by atoms with van der Waals surface area (Å²) in [7, 11) is 0. The monoisotopic (exact) mass is 357 g/mol. The third-order valence-corrected chi connectivity index (χ3v) is 3.43. The van der Waals surface area contributed by atoms with E-state index >= 15 is 0 Å². The number of halogens is 2. The first-order valence-electron chi connectivity index (χ1n) is 5.55. The van der Waals surface area contributed by atoms with E-state index in [1.165, 1.54) is 6.07 Å². The highest BCUT2D eigenvalue weighted by atomic mass is 127. The Morgan fingerprint density at radius 1 is 1.17 bits per heavy atom. The van der Waals surface area contributed by atoms with Crippen molar-refractivity contribution in [2.45, 2.75) is 13.0 Å². The third kappa shape index (κ3) is 3.00. The number of hydrogen-bond donors (Lipinski definition) is 1. The highest BCUT2D eigenvalue weighted by molar-refractivity contribution is 14.1. The van der Waals surface area contributed by atoms with Crippen LogP contribution in [0.5, 0.6) is 11.5 Å². The van der Waals surface area contributed by atoms with Gasteiger partial charge in [-0.05, 0) is 59.3 Å². The summed E-state index contributed by atoms with van der Waals surface area (Å²) in [5, 5.41) is 0. The average molecular weight is 357 g/mol. The zero-order chi connectivity index (χ0) is 13.1. The molecule has 0 aliphatic heterocycles. The fourth-order valence-electron chi connectivity index (χ4n) is 1.53. The summed E-state index contributed by atoms with van der Waals surface area (Å²) in [5.41, 5.74) is 6.45. The van der Waals surface area contributed by atoms with E-state index in [2.05, 4.69) is 22.6 Å². The van der Waals surface area contributed by atoms with Crippen LogP contribution in [0.15, 0.2) is 42.5 Å². The lowest BCUT2D eigenvalue weighted by atomic mass is 10.1. The van der Waals surface area contributed by atoms with E-state index in [1.54, 1.807) is 18.2 Å². The Balaban J connectivity index is 2.28. The summed E-state index contributed by atoms with van der Waals surface area (Å²) in [6.07, 6.45) is 0. The summed E-state index contributed by atoms with van der Waals surface area (Å²) >= 11 is 2.15. The predicted octanol–water partition coefficient (Wildman–Crippen LogP) is 4.24. The molecule has 2 aromatic rings. The van der Waals surface area contributed by atoms with E-state index in [0.717, 1.165) is 9.13 Å². The molecule has 2 N–H and O–H groups in total. The van der Waals surface area contributed by atoms with Crippen molar-refractivity contribution in [3.63, 3.8) is 0 Å². The van der Waals surface area contributed by atoms with Gasteiger partial charge in [0.1, 0.15) is 5.75 Å². The minimum atomic E-state index is -0.399. The Morgan fingerprint density at radius 3 is 2.50 bits per heavy atom. The van der Waals surface area contributed by atoms with Crippen LogP contribution in [0.3, 0.4) is 0 Å². The summed E-state index contributed by atoms with van der Waals surface area (Å²) in [6.45, 7) is 1.81. The van der Waals surface area contributed by atoms with Gasteiger partial charge in [0, 0.05) is 6.04 Å². The van der Waals surface area contributed by atoms with Crippen LogP contribution in [-0.2, 0) is 0 Å². The lowest BCUT2D eigenvalue weighted by Gasteiger charge is -2.11. The molecule has 94 valence electrons. The number of ether oxygens (including phenoxy) is 1. The zero-order valence-electron chi connectivity index (χ0n) is 9.86. The molecule has 1 unspecified atom stereocenters. The fraction of sp³-hybridized carbons (Fsp3) is 0.143. The summed E-state index contributed by atoms with van der Waals surface area (Å²) in [4.78, 5) is 0. The molecular formula is C14H13FINO. The molecule has 2 nitrogen and oxygen atoms in total. The largest absolute Gasteiger partial charge is 0.453 e. The SMILES string of the molecule is CC(N)c1ccc(Oc2ccccc2I)c(F)c1. The van der Waals surface area contributed by atoms with Gasteiger partial charge in [-0.1, -0.05) is 18.2 Å².